The molecule has 5 nitrogen and oxygen atoms in total. The van der Waals surface area contributed by atoms with E-state index in [9.17, 15) is 10.1 Å². The normalized spacial score (nSPS) is 10.9. The van der Waals surface area contributed by atoms with Crippen LogP contribution in [0.4, 0.5) is 0 Å². The van der Waals surface area contributed by atoms with Crippen LogP contribution in [0.1, 0.15) is 43.3 Å². The predicted molar refractivity (Wildman–Crippen MR) is 71.8 cm³/mol. The van der Waals surface area contributed by atoms with E-state index in [1.807, 2.05) is 25.3 Å². The quantitative estimate of drug-likeness (QED) is 0.787. The van der Waals surface area contributed by atoms with Crippen LogP contribution in [-0.4, -0.2) is 20.8 Å². The van der Waals surface area contributed by atoms with Gasteiger partial charge in [0, 0.05) is 19.2 Å². The predicted octanol–water partition coefficient (Wildman–Crippen LogP) is 2.32. The summed E-state index contributed by atoms with van der Waals surface area (Å²) >= 11 is 0. The monoisotopic (exact) mass is 256 g/mol. The van der Waals surface area contributed by atoms with Gasteiger partial charge in [-0.05, 0) is 12.8 Å². The number of nitrogens with zero attached hydrogens (tertiary/aromatic N) is 4. The van der Waals surface area contributed by atoms with Crippen LogP contribution in [0.15, 0.2) is 6.20 Å². The van der Waals surface area contributed by atoms with Crippen LogP contribution in [0.25, 0.3) is 11.0 Å². The summed E-state index contributed by atoms with van der Waals surface area (Å²) in [5, 5.41) is 10.1. The van der Waals surface area contributed by atoms with Gasteiger partial charge in [-0.15, -0.1) is 0 Å². The maximum Gasteiger partial charge on any atom is 0.145 e. The maximum atomic E-state index is 10.5. The standard InChI is InChI=1S/C14H16N4O/c1-9(2)13-12-11(7-15)8-18(5-4-6-19)14(12)17-10(3)16-13/h6,8-9H,4-5H2,1-3H3. The molecule has 0 aliphatic carbocycles. The van der Waals surface area contributed by atoms with E-state index in [1.54, 1.807) is 6.20 Å². The van der Waals surface area contributed by atoms with Gasteiger partial charge in [-0.25, -0.2) is 9.97 Å². The first-order valence-corrected chi connectivity index (χ1v) is 6.29. The van der Waals surface area contributed by atoms with Gasteiger partial charge in [-0.2, -0.15) is 5.26 Å². The van der Waals surface area contributed by atoms with Gasteiger partial charge in [0.2, 0.25) is 0 Å². The number of aryl methyl sites for hydroxylation is 2. The Bertz CT molecular complexity index is 664. The van der Waals surface area contributed by atoms with Crippen LogP contribution in [0.3, 0.4) is 0 Å². The smallest absolute Gasteiger partial charge is 0.145 e. The number of carbonyl (C=O) groups is 1. The number of hydrogen-bond donors (Lipinski definition) is 0. The molecule has 0 radical (unpaired) electrons. The lowest BCUT2D eigenvalue weighted by atomic mass is 10.0. The SMILES string of the molecule is Cc1nc(C(C)C)c2c(C#N)cn(CCC=O)c2n1. The molecule has 0 bridgehead atoms. The Morgan fingerprint density at radius 3 is 2.79 bits per heavy atom. The summed E-state index contributed by atoms with van der Waals surface area (Å²) in [4.78, 5) is 19.4. The molecule has 0 aromatic carbocycles. The van der Waals surface area contributed by atoms with Crippen LogP contribution < -0.4 is 0 Å². The van der Waals surface area contributed by atoms with Gasteiger partial charge in [0.15, 0.2) is 0 Å². The van der Waals surface area contributed by atoms with Crippen molar-refractivity contribution in [3.63, 3.8) is 0 Å². The number of fused-ring (bicyclic) bond motifs is 1. The fraction of sp³-hybridized carbons (Fsp3) is 0.429. The van der Waals surface area contributed by atoms with Gasteiger partial charge in [-0.1, -0.05) is 13.8 Å². The van der Waals surface area contributed by atoms with Crippen molar-refractivity contribution in [1.82, 2.24) is 14.5 Å². The minimum absolute atomic E-state index is 0.221. The third-order valence-electron chi connectivity index (χ3n) is 3.01. The minimum Gasteiger partial charge on any atom is -0.331 e. The summed E-state index contributed by atoms with van der Waals surface area (Å²) in [5.74, 6) is 0.907. The zero-order valence-electron chi connectivity index (χ0n) is 11.3. The van der Waals surface area contributed by atoms with Crippen LogP contribution in [-0.2, 0) is 11.3 Å². The van der Waals surface area contributed by atoms with Crippen molar-refractivity contribution in [2.45, 2.75) is 39.7 Å². The molecule has 98 valence electrons. The molecular formula is C14H16N4O. The topological polar surface area (TPSA) is 71.6 Å². The number of nitriles is 1. The van der Waals surface area contributed by atoms with E-state index in [0.717, 1.165) is 23.0 Å². The third kappa shape index (κ3) is 2.34. The van der Waals surface area contributed by atoms with E-state index in [-0.39, 0.29) is 5.92 Å². The molecule has 0 saturated carbocycles. The highest BCUT2D eigenvalue weighted by Gasteiger charge is 2.17. The van der Waals surface area contributed by atoms with E-state index < -0.39 is 0 Å². The molecule has 2 aromatic rings. The summed E-state index contributed by atoms with van der Waals surface area (Å²) in [6.07, 6.45) is 3.04. The summed E-state index contributed by atoms with van der Waals surface area (Å²) in [7, 11) is 0. The highest BCUT2D eigenvalue weighted by Crippen LogP contribution is 2.27. The molecule has 0 N–H and O–H groups in total. The Labute approximate surface area is 111 Å². The Kier molecular flexibility index (Phi) is 3.61. The molecule has 0 spiro atoms. The first-order chi connectivity index (χ1) is 9.08. The second-order valence-electron chi connectivity index (χ2n) is 4.81. The summed E-state index contributed by atoms with van der Waals surface area (Å²) in [6, 6.07) is 2.19. The van der Waals surface area contributed by atoms with Gasteiger partial charge in [0.25, 0.3) is 0 Å². The Balaban J connectivity index is 2.74. The second-order valence-corrected chi connectivity index (χ2v) is 4.81. The average molecular weight is 256 g/mol. The molecular weight excluding hydrogens is 240 g/mol. The van der Waals surface area contributed by atoms with E-state index in [0.29, 0.717) is 24.4 Å². The average Bonchev–Trinajstić information content (AvgIpc) is 2.73. The Morgan fingerprint density at radius 1 is 1.47 bits per heavy atom. The summed E-state index contributed by atoms with van der Waals surface area (Å²) in [6.45, 7) is 6.47. The lowest BCUT2D eigenvalue weighted by Crippen LogP contribution is -2.03. The van der Waals surface area contributed by atoms with E-state index in [1.165, 1.54) is 0 Å². The summed E-state index contributed by atoms with van der Waals surface area (Å²) in [5.41, 5.74) is 2.21. The van der Waals surface area contributed by atoms with Crippen molar-refractivity contribution in [3.05, 3.63) is 23.3 Å². The molecule has 0 aliphatic heterocycles. The highest BCUT2D eigenvalue weighted by atomic mass is 16.1. The molecule has 0 unspecified atom stereocenters. The summed E-state index contributed by atoms with van der Waals surface area (Å²) < 4.78 is 1.86. The fourth-order valence-corrected chi connectivity index (χ4v) is 2.19. The van der Waals surface area contributed by atoms with Crippen molar-refractivity contribution < 1.29 is 4.79 Å². The Morgan fingerprint density at radius 2 is 2.21 bits per heavy atom. The molecule has 0 fully saturated rings. The zero-order chi connectivity index (χ0) is 14.0. The molecule has 0 amide bonds. The van der Waals surface area contributed by atoms with Gasteiger partial charge in [-0.3, -0.25) is 0 Å². The minimum atomic E-state index is 0.221. The lowest BCUT2D eigenvalue weighted by molar-refractivity contribution is -0.108. The molecule has 0 atom stereocenters. The molecule has 0 saturated heterocycles. The molecule has 0 aliphatic rings. The first-order valence-electron chi connectivity index (χ1n) is 6.29. The lowest BCUT2D eigenvalue weighted by Gasteiger charge is -2.08. The fourth-order valence-electron chi connectivity index (χ4n) is 2.19. The molecule has 2 heterocycles. The van der Waals surface area contributed by atoms with Gasteiger partial charge < -0.3 is 9.36 Å². The third-order valence-corrected chi connectivity index (χ3v) is 3.01. The Hall–Kier alpha value is -2.22. The molecule has 5 heteroatoms. The van der Waals surface area contributed by atoms with Crippen molar-refractivity contribution in [2.75, 3.05) is 0 Å². The van der Waals surface area contributed by atoms with Crippen molar-refractivity contribution in [1.29, 1.82) is 5.26 Å². The molecule has 19 heavy (non-hydrogen) atoms. The van der Waals surface area contributed by atoms with Gasteiger partial charge >= 0.3 is 0 Å². The number of aromatic nitrogens is 3. The van der Waals surface area contributed by atoms with Crippen LogP contribution in [0.2, 0.25) is 0 Å². The highest BCUT2D eigenvalue weighted by molar-refractivity contribution is 5.86. The van der Waals surface area contributed by atoms with E-state index in [4.69, 9.17) is 0 Å². The van der Waals surface area contributed by atoms with E-state index >= 15 is 0 Å². The van der Waals surface area contributed by atoms with Crippen LogP contribution in [0, 0.1) is 18.3 Å². The van der Waals surface area contributed by atoms with Crippen molar-refractivity contribution in [3.8, 4) is 6.07 Å². The molecule has 2 rings (SSSR count). The van der Waals surface area contributed by atoms with E-state index in [2.05, 4.69) is 16.0 Å². The molecule has 2 aromatic heterocycles. The second kappa shape index (κ2) is 5.19. The largest absolute Gasteiger partial charge is 0.331 e. The number of hydrogen-bond acceptors (Lipinski definition) is 4. The number of aldehydes is 1. The zero-order valence-corrected chi connectivity index (χ0v) is 11.3. The van der Waals surface area contributed by atoms with Crippen LogP contribution >= 0.6 is 0 Å². The van der Waals surface area contributed by atoms with Crippen LogP contribution in [0.5, 0.6) is 0 Å². The maximum absolute atomic E-state index is 10.5. The van der Waals surface area contributed by atoms with Crippen molar-refractivity contribution >= 4 is 17.3 Å². The number of carbonyl (C=O) groups excluding carboxylic acids is 1. The van der Waals surface area contributed by atoms with Gasteiger partial charge in [0.05, 0.1) is 16.6 Å². The van der Waals surface area contributed by atoms with Crippen molar-refractivity contribution in [2.24, 2.45) is 0 Å². The first kappa shape index (κ1) is 13.2. The van der Waals surface area contributed by atoms with Gasteiger partial charge in [0.1, 0.15) is 23.8 Å². The number of rotatable bonds is 4.